The fourth-order valence-corrected chi connectivity index (χ4v) is 2.75. The Bertz CT molecular complexity index is 827. The fraction of sp³-hybridized carbons (Fsp3) is 0.222. The third-order valence-electron chi connectivity index (χ3n) is 4.07. The number of carbonyl (C=O) groups excluding carboxylic acids is 2. The molecule has 1 heterocycles. The van der Waals surface area contributed by atoms with Gasteiger partial charge in [-0.2, -0.15) is 0 Å². The number of amides is 3. The SMILES string of the molecule is O=C(Nc1cc(F)ccc1F)NC1CCN(Cc2ccc(F)cc2)C1=O. The van der Waals surface area contributed by atoms with Crippen LogP contribution in [0, 0.1) is 17.5 Å². The molecule has 26 heavy (non-hydrogen) atoms. The number of hydrogen-bond donors (Lipinski definition) is 2. The van der Waals surface area contributed by atoms with Crippen molar-refractivity contribution in [1.82, 2.24) is 10.2 Å². The minimum Gasteiger partial charge on any atom is -0.336 e. The number of anilines is 1. The summed E-state index contributed by atoms with van der Waals surface area (Å²) in [5.41, 5.74) is 0.461. The highest BCUT2D eigenvalue weighted by atomic mass is 19.1. The van der Waals surface area contributed by atoms with Crippen LogP contribution in [0.15, 0.2) is 42.5 Å². The second-order valence-corrected chi connectivity index (χ2v) is 5.95. The molecule has 2 aromatic carbocycles. The molecule has 1 unspecified atom stereocenters. The molecule has 2 aromatic rings. The number of rotatable bonds is 4. The van der Waals surface area contributed by atoms with Gasteiger partial charge in [0.2, 0.25) is 5.91 Å². The summed E-state index contributed by atoms with van der Waals surface area (Å²) in [6.45, 7) is 0.729. The van der Waals surface area contributed by atoms with Crippen LogP contribution in [-0.2, 0) is 11.3 Å². The quantitative estimate of drug-likeness (QED) is 0.877. The van der Waals surface area contributed by atoms with Crippen LogP contribution in [0.5, 0.6) is 0 Å². The van der Waals surface area contributed by atoms with E-state index in [0.29, 0.717) is 19.5 Å². The molecule has 1 aliphatic rings. The summed E-state index contributed by atoms with van der Waals surface area (Å²) in [6.07, 6.45) is 0.388. The van der Waals surface area contributed by atoms with Gasteiger partial charge in [0.25, 0.3) is 0 Å². The van der Waals surface area contributed by atoms with Crippen LogP contribution in [0.25, 0.3) is 0 Å². The summed E-state index contributed by atoms with van der Waals surface area (Å²) in [6, 6.07) is 6.93. The number of carbonyl (C=O) groups is 2. The van der Waals surface area contributed by atoms with Gasteiger partial charge < -0.3 is 15.5 Å². The molecule has 3 amide bonds. The zero-order valence-corrected chi connectivity index (χ0v) is 13.6. The maximum absolute atomic E-state index is 13.5. The molecule has 3 rings (SSSR count). The molecule has 0 saturated carbocycles. The van der Waals surface area contributed by atoms with Gasteiger partial charge in [-0.15, -0.1) is 0 Å². The summed E-state index contributed by atoms with van der Waals surface area (Å²) in [5, 5.41) is 4.65. The van der Waals surface area contributed by atoms with Crippen molar-refractivity contribution in [2.24, 2.45) is 0 Å². The lowest BCUT2D eigenvalue weighted by Crippen LogP contribution is -2.43. The highest BCUT2D eigenvalue weighted by molar-refractivity contribution is 5.94. The van der Waals surface area contributed by atoms with Crippen LogP contribution in [0.2, 0.25) is 0 Å². The van der Waals surface area contributed by atoms with Crippen LogP contribution < -0.4 is 10.6 Å². The Morgan fingerprint density at radius 3 is 2.50 bits per heavy atom. The van der Waals surface area contributed by atoms with Crippen LogP contribution >= 0.6 is 0 Å². The van der Waals surface area contributed by atoms with Gasteiger partial charge in [-0.3, -0.25) is 4.79 Å². The van der Waals surface area contributed by atoms with Crippen LogP contribution in [0.1, 0.15) is 12.0 Å². The molecule has 1 fully saturated rings. The Balaban J connectivity index is 1.57. The average molecular weight is 363 g/mol. The lowest BCUT2D eigenvalue weighted by molar-refractivity contribution is -0.129. The average Bonchev–Trinajstić information content (AvgIpc) is 2.93. The zero-order valence-electron chi connectivity index (χ0n) is 13.6. The topological polar surface area (TPSA) is 61.4 Å². The molecule has 0 aliphatic carbocycles. The molecule has 0 aromatic heterocycles. The monoisotopic (exact) mass is 363 g/mol. The van der Waals surface area contributed by atoms with Gasteiger partial charge in [-0.05, 0) is 36.2 Å². The maximum atomic E-state index is 13.5. The molecular weight excluding hydrogens is 347 g/mol. The summed E-state index contributed by atoms with van der Waals surface area (Å²) >= 11 is 0. The lowest BCUT2D eigenvalue weighted by Gasteiger charge is -2.17. The molecular formula is C18H16F3N3O2. The number of urea groups is 1. The second kappa shape index (κ2) is 7.47. The van der Waals surface area contributed by atoms with E-state index in [1.165, 1.54) is 12.1 Å². The number of nitrogens with zero attached hydrogens (tertiary/aromatic N) is 1. The number of halogens is 3. The first kappa shape index (κ1) is 17.8. The van der Waals surface area contributed by atoms with Crippen LogP contribution in [0.4, 0.5) is 23.7 Å². The van der Waals surface area contributed by atoms with E-state index in [1.807, 2.05) is 0 Å². The Morgan fingerprint density at radius 2 is 1.77 bits per heavy atom. The fourth-order valence-electron chi connectivity index (χ4n) is 2.75. The van der Waals surface area contributed by atoms with Crippen molar-refractivity contribution < 1.29 is 22.8 Å². The molecule has 2 N–H and O–H groups in total. The maximum Gasteiger partial charge on any atom is 0.319 e. The van der Waals surface area contributed by atoms with Crippen molar-refractivity contribution in [3.05, 3.63) is 65.5 Å². The number of hydrogen-bond acceptors (Lipinski definition) is 2. The van der Waals surface area contributed by atoms with E-state index in [0.717, 1.165) is 23.8 Å². The van der Waals surface area contributed by atoms with Crippen molar-refractivity contribution >= 4 is 17.6 Å². The van der Waals surface area contributed by atoms with E-state index in [-0.39, 0.29) is 17.4 Å². The first-order valence-corrected chi connectivity index (χ1v) is 7.98. The van der Waals surface area contributed by atoms with E-state index >= 15 is 0 Å². The van der Waals surface area contributed by atoms with Crippen molar-refractivity contribution in [2.45, 2.75) is 19.0 Å². The Labute approximate surface area is 147 Å². The highest BCUT2D eigenvalue weighted by Crippen LogP contribution is 2.17. The van der Waals surface area contributed by atoms with Crippen LogP contribution in [-0.4, -0.2) is 29.4 Å². The first-order chi connectivity index (χ1) is 12.4. The highest BCUT2D eigenvalue weighted by Gasteiger charge is 2.32. The van der Waals surface area contributed by atoms with Gasteiger partial charge in [0.15, 0.2) is 0 Å². The van der Waals surface area contributed by atoms with Crippen molar-refractivity contribution in [1.29, 1.82) is 0 Å². The molecule has 5 nitrogen and oxygen atoms in total. The van der Waals surface area contributed by atoms with E-state index in [2.05, 4.69) is 10.6 Å². The standard InChI is InChI=1S/C18H16F3N3O2/c19-12-3-1-11(2-4-12)10-24-8-7-15(17(24)25)22-18(26)23-16-9-13(20)5-6-14(16)21/h1-6,9,15H,7-8,10H2,(H2,22,23,26). The van der Waals surface area contributed by atoms with Crippen molar-refractivity contribution in [3.8, 4) is 0 Å². The largest absolute Gasteiger partial charge is 0.336 e. The molecule has 1 aliphatic heterocycles. The Kier molecular flexibility index (Phi) is 5.11. The summed E-state index contributed by atoms with van der Waals surface area (Å²) in [4.78, 5) is 25.9. The third kappa shape index (κ3) is 4.14. The van der Waals surface area contributed by atoms with E-state index in [9.17, 15) is 22.8 Å². The molecule has 8 heteroatoms. The lowest BCUT2D eigenvalue weighted by atomic mass is 10.2. The molecule has 0 bridgehead atoms. The smallest absolute Gasteiger partial charge is 0.319 e. The van der Waals surface area contributed by atoms with Gasteiger partial charge >= 0.3 is 6.03 Å². The van der Waals surface area contributed by atoms with Crippen LogP contribution in [0.3, 0.4) is 0 Å². The summed E-state index contributed by atoms with van der Waals surface area (Å²) < 4.78 is 39.6. The Morgan fingerprint density at radius 1 is 1.08 bits per heavy atom. The molecule has 1 atom stereocenters. The van der Waals surface area contributed by atoms with Gasteiger partial charge in [0.1, 0.15) is 23.5 Å². The zero-order chi connectivity index (χ0) is 18.7. The van der Waals surface area contributed by atoms with Crippen molar-refractivity contribution in [2.75, 3.05) is 11.9 Å². The Hall–Kier alpha value is -3.03. The third-order valence-corrected chi connectivity index (χ3v) is 4.07. The van der Waals surface area contributed by atoms with Gasteiger partial charge in [0.05, 0.1) is 5.69 Å². The predicted octanol–water partition coefficient (Wildman–Crippen LogP) is 3.03. The van der Waals surface area contributed by atoms with Gasteiger partial charge in [0, 0.05) is 19.2 Å². The number of nitrogens with one attached hydrogen (secondary N) is 2. The van der Waals surface area contributed by atoms with Crippen molar-refractivity contribution in [3.63, 3.8) is 0 Å². The predicted molar refractivity (Wildman–Crippen MR) is 88.7 cm³/mol. The first-order valence-electron chi connectivity index (χ1n) is 7.98. The molecule has 1 saturated heterocycles. The summed E-state index contributed by atoms with van der Waals surface area (Å²) in [7, 11) is 0. The normalized spacial score (nSPS) is 16.7. The van der Waals surface area contributed by atoms with E-state index < -0.39 is 23.7 Å². The summed E-state index contributed by atoms with van der Waals surface area (Å²) in [5.74, 6) is -2.12. The van der Waals surface area contributed by atoms with Gasteiger partial charge in [-0.1, -0.05) is 12.1 Å². The van der Waals surface area contributed by atoms with E-state index in [4.69, 9.17) is 0 Å². The molecule has 0 radical (unpaired) electrons. The number of likely N-dealkylation sites (tertiary alicyclic amines) is 1. The molecule has 0 spiro atoms. The minimum atomic E-state index is -0.795. The number of benzene rings is 2. The van der Waals surface area contributed by atoms with Gasteiger partial charge in [-0.25, -0.2) is 18.0 Å². The molecule has 136 valence electrons. The minimum absolute atomic E-state index is 0.288. The second-order valence-electron chi connectivity index (χ2n) is 5.95. The van der Waals surface area contributed by atoms with E-state index in [1.54, 1.807) is 17.0 Å².